The molecule has 1 aromatic heterocycles. The number of hydrogen-bond donors (Lipinski definition) is 0. The van der Waals surface area contributed by atoms with Crippen molar-refractivity contribution in [1.29, 1.82) is 5.26 Å². The summed E-state index contributed by atoms with van der Waals surface area (Å²) in [5.41, 5.74) is 1.21. The van der Waals surface area contributed by atoms with Crippen LogP contribution >= 0.6 is 11.3 Å². The van der Waals surface area contributed by atoms with Crippen molar-refractivity contribution < 1.29 is 4.79 Å². The second kappa shape index (κ2) is 3.87. The number of carbonyl (C=O) groups excluding carboxylic acids is 1. The van der Waals surface area contributed by atoms with Gasteiger partial charge in [-0.3, -0.25) is 4.79 Å². The smallest absolute Gasteiger partial charge is 0.246 e. The molecule has 4 heteroatoms. The van der Waals surface area contributed by atoms with E-state index in [-0.39, 0.29) is 5.91 Å². The Kier molecular flexibility index (Phi) is 2.57. The highest BCUT2D eigenvalue weighted by molar-refractivity contribution is 7.12. The van der Waals surface area contributed by atoms with E-state index in [0.717, 1.165) is 22.7 Å². The largest absolute Gasteiger partial charge is 0.334 e. The van der Waals surface area contributed by atoms with E-state index >= 15 is 0 Å². The predicted molar refractivity (Wildman–Crippen MR) is 58.4 cm³/mol. The van der Waals surface area contributed by atoms with Crippen molar-refractivity contribution in [2.45, 2.75) is 13.0 Å². The number of nitriles is 1. The minimum Gasteiger partial charge on any atom is -0.334 e. The van der Waals surface area contributed by atoms with E-state index in [0.29, 0.717) is 6.54 Å². The van der Waals surface area contributed by atoms with E-state index in [1.165, 1.54) is 23.0 Å². The van der Waals surface area contributed by atoms with Crippen LogP contribution in [0.15, 0.2) is 18.7 Å². The molecule has 0 saturated carbocycles. The summed E-state index contributed by atoms with van der Waals surface area (Å²) in [6, 6.07) is 4.06. The first kappa shape index (κ1) is 9.94. The number of thiophene rings is 1. The summed E-state index contributed by atoms with van der Waals surface area (Å²) in [6.07, 6.45) is 2.18. The van der Waals surface area contributed by atoms with Gasteiger partial charge in [0.05, 0.1) is 6.54 Å². The molecule has 2 rings (SSSR count). The van der Waals surface area contributed by atoms with Gasteiger partial charge in [-0.2, -0.15) is 5.26 Å². The molecule has 0 unspecified atom stereocenters. The summed E-state index contributed by atoms with van der Waals surface area (Å²) < 4.78 is 0. The third-order valence-electron chi connectivity index (χ3n) is 2.48. The minimum absolute atomic E-state index is 0.0347. The van der Waals surface area contributed by atoms with Crippen molar-refractivity contribution in [2.75, 3.05) is 6.54 Å². The molecule has 0 saturated heterocycles. The normalized spacial score (nSPS) is 14.2. The summed E-state index contributed by atoms with van der Waals surface area (Å²) >= 11 is 1.48. The van der Waals surface area contributed by atoms with Crippen LogP contribution in [0.4, 0.5) is 0 Å². The van der Waals surface area contributed by atoms with Crippen molar-refractivity contribution in [3.8, 4) is 6.07 Å². The van der Waals surface area contributed by atoms with Crippen molar-refractivity contribution >= 4 is 17.2 Å². The fourth-order valence-corrected chi connectivity index (χ4v) is 2.72. The quantitative estimate of drug-likeness (QED) is 0.673. The maximum atomic E-state index is 11.4. The van der Waals surface area contributed by atoms with Crippen LogP contribution in [0, 0.1) is 11.3 Å². The second-order valence-electron chi connectivity index (χ2n) is 3.38. The Bertz CT molecular complexity index is 456. The molecule has 0 radical (unpaired) electrons. The lowest BCUT2D eigenvalue weighted by molar-refractivity contribution is -0.126. The van der Waals surface area contributed by atoms with Gasteiger partial charge in [-0.1, -0.05) is 6.58 Å². The lowest BCUT2D eigenvalue weighted by atomic mass is 10.1. The number of rotatable bonds is 1. The number of fused-ring (bicyclic) bond motifs is 1. The highest BCUT2D eigenvalue weighted by Crippen LogP contribution is 2.27. The van der Waals surface area contributed by atoms with Gasteiger partial charge in [0, 0.05) is 11.4 Å². The lowest BCUT2D eigenvalue weighted by Gasteiger charge is -2.25. The van der Waals surface area contributed by atoms with Crippen LogP contribution in [0.25, 0.3) is 0 Å². The standard InChI is InChI=1S/C11H10N2OS/c1-2-11(14)13-4-3-8-5-9(6-12)15-10(8)7-13/h2,5H,1,3-4,7H2. The number of nitrogens with zero attached hydrogens (tertiary/aromatic N) is 2. The zero-order chi connectivity index (χ0) is 10.8. The molecule has 0 spiro atoms. The molecule has 0 aliphatic carbocycles. The summed E-state index contributed by atoms with van der Waals surface area (Å²) in [7, 11) is 0. The fourth-order valence-electron chi connectivity index (χ4n) is 1.69. The molecule has 0 fully saturated rings. The van der Waals surface area contributed by atoms with Crippen LogP contribution in [-0.4, -0.2) is 17.4 Å². The third kappa shape index (κ3) is 1.79. The van der Waals surface area contributed by atoms with Gasteiger partial charge in [0.2, 0.25) is 5.91 Å². The highest BCUT2D eigenvalue weighted by atomic mass is 32.1. The molecule has 1 aromatic rings. The maximum Gasteiger partial charge on any atom is 0.246 e. The Labute approximate surface area is 92.2 Å². The average Bonchev–Trinajstić information content (AvgIpc) is 2.69. The van der Waals surface area contributed by atoms with Gasteiger partial charge >= 0.3 is 0 Å². The molecule has 1 aliphatic heterocycles. The lowest BCUT2D eigenvalue weighted by Crippen LogP contribution is -2.33. The summed E-state index contributed by atoms with van der Waals surface area (Å²) in [5.74, 6) is -0.0347. The molecule has 0 atom stereocenters. The fraction of sp³-hybridized carbons (Fsp3) is 0.273. The van der Waals surface area contributed by atoms with Gasteiger partial charge in [-0.25, -0.2) is 0 Å². The van der Waals surface area contributed by atoms with Crippen LogP contribution < -0.4 is 0 Å². The molecule has 3 nitrogen and oxygen atoms in total. The zero-order valence-electron chi connectivity index (χ0n) is 8.19. The van der Waals surface area contributed by atoms with Gasteiger partial charge in [0.15, 0.2) is 0 Å². The summed E-state index contributed by atoms with van der Waals surface area (Å²) in [5, 5.41) is 8.77. The van der Waals surface area contributed by atoms with Gasteiger partial charge in [0.1, 0.15) is 10.9 Å². The molecule has 15 heavy (non-hydrogen) atoms. The van der Waals surface area contributed by atoms with E-state index in [2.05, 4.69) is 12.6 Å². The van der Waals surface area contributed by atoms with Gasteiger partial charge in [0.25, 0.3) is 0 Å². The molecular formula is C11H10N2OS. The molecule has 2 heterocycles. The Hall–Kier alpha value is -1.60. The van der Waals surface area contributed by atoms with Crippen LogP contribution in [0.5, 0.6) is 0 Å². The first-order chi connectivity index (χ1) is 7.24. The van der Waals surface area contributed by atoms with E-state index in [1.807, 2.05) is 6.07 Å². The second-order valence-corrected chi connectivity index (χ2v) is 4.52. The van der Waals surface area contributed by atoms with Crippen molar-refractivity contribution in [3.05, 3.63) is 34.0 Å². The number of carbonyl (C=O) groups is 1. The number of amides is 1. The van der Waals surface area contributed by atoms with Crippen LogP contribution in [-0.2, 0) is 17.8 Å². The van der Waals surface area contributed by atoms with E-state index in [9.17, 15) is 4.79 Å². The Morgan fingerprint density at radius 2 is 2.53 bits per heavy atom. The van der Waals surface area contributed by atoms with E-state index in [4.69, 9.17) is 5.26 Å². The van der Waals surface area contributed by atoms with Gasteiger partial charge < -0.3 is 4.90 Å². The van der Waals surface area contributed by atoms with Crippen molar-refractivity contribution in [2.24, 2.45) is 0 Å². The average molecular weight is 218 g/mol. The van der Waals surface area contributed by atoms with Crippen LogP contribution in [0.3, 0.4) is 0 Å². The van der Waals surface area contributed by atoms with Crippen molar-refractivity contribution in [3.63, 3.8) is 0 Å². The molecule has 0 N–H and O–H groups in total. The van der Waals surface area contributed by atoms with Gasteiger partial charge in [-0.05, 0) is 24.1 Å². The first-order valence-corrected chi connectivity index (χ1v) is 5.49. The predicted octanol–water partition coefficient (Wildman–Crippen LogP) is 1.69. The minimum atomic E-state index is -0.0347. The van der Waals surface area contributed by atoms with E-state index in [1.54, 1.807) is 4.90 Å². The van der Waals surface area contributed by atoms with Crippen LogP contribution in [0.1, 0.15) is 15.3 Å². The third-order valence-corrected chi connectivity index (χ3v) is 3.55. The molecular weight excluding hydrogens is 208 g/mol. The topological polar surface area (TPSA) is 44.1 Å². The van der Waals surface area contributed by atoms with E-state index < -0.39 is 0 Å². The van der Waals surface area contributed by atoms with Crippen LogP contribution in [0.2, 0.25) is 0 Å². The summed E-state index contributed by atoms with van der Waals surface area (Å²) in [6.45, 7) is 4.81. The Morgan fingerprint density at radius 3 is 3.20 bits per heavy atom. The molecule has 0 bridgehead atoms. The maximum absolute atomic E-state index is 11.4. The molecule has 1 aliphatic rings. The monoisotopic (exact) mass is 218 g/mol. The first-order valence-electron chi connectivity index (χ1n) is 4.67. The zero-order valence-corrected chi connectivity index (χ0v) is 9.01. The number of hydrogen-bond acceptors (Lipinski definition) is 3. The molecule has 1 amide bonds. The molecule has 76 valence electrons. The highest BCUT2D eigenvalue weighted by Gasteiger charge is 2.21. The molecule has 0 aromatic carbocycles. The SMILES string of the molecule is C=CC(=O)N1CCc2cc(C#N)sc2C1. The summed E-state index contributed by atoms with van der Waals surface area (Å²) in [4.78, 5) is 15.0. The Balaban J connectivity index is 2.23. The van der Waals surface area contributed by atoms with Crippen molar-refractivity contribution in [1.82, 2.24) is 4.90 Å². The Morgan fingerprint density at radius 1 is 1.73 bits per heavy atom. The van der Waals surface area contributed by atoms with Gasteiger partial charge in [-0.15, -0.1) is 11.3 Å².